The second-order valence-electron chi connectivity index (χ2n) is 7.25. The summed E-state index contributed by atoms with van der Waals surface area (Å²) in [6.07, 6.45) is 8.86. The largest absolute Gasteiger partial charge is 0.478 e. The molecule has 26 heavy (non-hydrogen) atoms. The maximum Gasteiger partial charge on any atom is 0.261 e. The van der Waals surface area contributed by atoms with Gasteiger partial charge in [-0.15, -0.1) is 0 Å². The van der Waals surface area contributed by atoms with Crippen molar-refractivity contribution in [1.29, 1.82) is 0 Å². The molecule has 1 aromatic carbocycles. The number of nitrogens with zero attached hydrogens (tertiary/aromatic N) is 1. The highest BCUT2D eigenvalue weighted by molar-refractivity contribution is 7.92. The molecule has 6 nitrogen and oxygen atoms in total. The molecule has 1 saturated carbocycles. The van der Waals surface area contributed by atoms with Crippen molar-refractivity contribution < 1.29 is 17.9 Å². The Morgan fingerprint density at radius 1 is 1.08 bits per heavy atom. The highest BCUT2D eigenvalue weighted by Crippen LogP contribution is 2.33. The molecular formula is C19H28N2O4S. The highest BCUT2D eigenvalue weighted by atomic mass is 32.2. The minimum absolute atomic E-state index is 0.138. The fourth-order valence-electron chi connectivity index (χ4n) is 3.75. The maximum atomic E-state index is 12.8. The van der Waals surface area contributed by atoms with Gasteiger partial charge in [0.25, 0.3) is 5.91 Å². The molecule has 1 aromatic rings. The Morgan fingerprint density at radius 2 is 1.73 bits per heavy atom. The summed E-state index contributed by atoms with van der Waals surface area (Å²) < 4.78 is 31.5. The van der Waals surface area contributed by atoms with Gasteiger partial charge in [-0.2, -0.15) is 0 Å². The van der Waals surface area contributed by atoms with E-state index in [1.165, 1.54) is 29.8 Å². The Labute approximate surface area is 156 Å². The summed E-state index contributed by atoms with van der Waals surface area (Å²) in [6.45, 7) is 0.235. The van der Waals surface area contributed by atoms with Crippen LogP contribution in [0.15, 0.2) is 24.3 Å². The lowest BCUT2D eigenvalue weighted by Crippen LogP contribution is -2.44. The van der Waals surface area contributed by atoms with E-state index in [9.17, 15) is 13.2 Å². The standard InChI is InChI=1S/C19H28N2O4S/c1-26(23,24)21-14-13-18(25-17-12-8-7-11-16(17)21)19(22)20-15-9-5-3-2-4-6-10-15/h7-8,11-12,15,18H,2-6,9-10,13-14H2,1H3,(H,20,22)/t18-/m1/s1. The van der Waals surface area contributed by atoms with Crippen molar-refractivity contribution in [2.45, 2.75) is 63.5 Å². The van der Waals surface area contributed by atoms with Gasteiger partial charge >= 0.3 is 0 Å². The number of rotatable bonds is 3. The molecule has 1 amide bonds. The number of fused-ring (bicyclic) bond motifs is 1. The van der Waals surface area contributed by atoms with Crippen molar-refractivity contribution in [2.75, 3.05) is 17.1 Å². The van der Waals surface area contributed by atoms with E-state index < -0.39 is 16.1 Å². The van der Waals surface area contributed by atoms with Gasteiger partial charge in [0.15, 0.2) is 6.10 Å². The van der Waals surface area contributed by atoms with Crippen LogP contribution in [0.3, 0.4) is 0 Å². The predicted octanol–water partition coefficient (Wildman–Crippen LogP) is 2.83. The predicted molar refractivity (Wildman–Crippen MR) is 102 cm³/mol. The van der Waals surface area contributed by atoms with Crippen LogP contribution in [-0.2, 0) is 14.8 Å². The van der Waals surface area contributed by atoms with Gasteiger partial charge in [-0.1, -0.05) is 44.2 Å². The van der Waals surface area contributed by atoms with E-state index in [0.717, 1.165) is 25.7 Å². The van der Waals surface area contributed by atoms with Crippen LogP contribution < -0.4 is 14.4 Å². The van der Waals surface area contributed by atoms with Crippen molar-refractivity contribution in [3.05, 3.63) is 24.3 Å². The Morgan fingerprint density at radius 3 is 2.42 bits per heavy atom. The first-order valence-corrected chi connectivity index (χ1v) is 11.3. The average Bonchev–Trinajstić information content (AvgIpc) is 2.76. The zero-order valence-electron chi connectivity index (χ0n) is 15.3. The lowest BCUT2D eigenvalue weighted by Gasteiger charge is -2.24. The molecule has 1 aliphatic carbocycles. The summed E-state index contributed by atoms with van der Waals surface area (Å²) in [7, 11) is -3.43. The van der Waals surface area contributed by atoms with Gasteiger partial charge in [0.05, 0.1) is 11.9 Å². The summed E-state index contributed by atoms with van der Waals surface area (Å²) >= 11 is 0. The summed E-state index contributed by atoms with van der Waals surface area (Å²) in [4.78, 5) is 12.8. The quantitative estimate of drug-likeness (QED) is 0.875. The molecule has 3 rings (SSSR count). The number of para-hydroxylation sites is 2. The minimum Gasteiger partial charge on any atom is -0.478 e. The first-order chi connectivity index (χ1) is 12.4. The van der Waals surface area contributed by atoms with Crippen LogP contribution in [0.25, 0.3) is 0 Å². The first-order valence-electron chi connectivity index (χ1n) is 9.49. The summed E-state index contributed by atoms with van der Waals surface area (Å²) in [5.74, 6) is 0.300. The smallest absolute Gasteiger partial charge is 0.261 e. The van der Waals surface area contributed by atoms with Gasteiger partial charge in [0.1, 0.15) is 5.75 Å². The van der Waals surface area contributed by atoms with Crippen LogP contribution in [0, 0.1) is 0 Å². The summed E-state index contributed by atoms with van der Waals surface area (Å²) in [6, 6.07) is 7.18. The van der Waals surface area contributed by atoms with Gasteiger partial charge in [-0.3, -0.25) is 9.10 Å². The van der Waals surface area contributed by atoms with E-state index in [1.807, 2.05) is 0 Å². The monoisotopic (exact) mass is 380 g/mol. The minimum atomic E-state index is -3.43. The molecular weight excluding hydrogens is 352 g/mol. The van der Waals surface area contributed by atoms with E-state index in [0.29, 0.717) is 17.9 Å². The van der Waals surface area contributed by atoms with E-state index in [2.05, 4.69) is 5.32 Å². The summed E-state index contributed by atoms with van der Waals surface area (Å²) in [5, 5.41) is 3.14. The Kier molecular flexibility index (Phi) is 6.06. The average molecular weight is 381 g/mol. The van der Waals surface area contributed by atoms with Crippen LogP contribution in [0.2, 0.25) is 0 Å². The van der Waals surface area contributed by atoms with Crippen molar-refractivity contribution in [3.8, 4) is 5.75 Å². The van der Waals surface area contributed by atoms with Crippen LogP contribution in [0.1, 0.15) is 51.4 Å². The van der Waals surface area contributed by atoms with Crippen molar-refractivity contribution >= 4 is 21.6 Å². The van der Waals surface area contributed by atoms with Crippen molar-refractivity contribution in [2.24, 2.45) is 0 Å². The Hall–Kier alpha value is -1.76. The van der Waals surface area contributed by atoms with Gasteiger partial charge in [-0.25, -0.2) is 8.42 Å². The fourth-order valence-corrected chi connectivity index (χ4v) is 4.70. The number of hydrogen-bond donors (Lipinski definition) is 1. The zero-order chi connectivity index (χ0) is 18.6. The number of ether oxygens (including phenoxy) is 1. The van der Waals surface area contributed by atoms with Crippen LogP contribution >= 0.6 is 0 Å². The molecule has 1 N–H and O–H groups in total. The molecule has 1 aliphatic heterocycles. The Balaban J connectivity index is 1.72. The number of amides is 1. The van der Waals surface area contributed by atoms with E-state index in [4.69, 9.17) is 4.74 Å². The second-order valence-corrected chi connectivity index (χ2v) is 9.16. The normalized spacial score (nSPS) is 22.3. The SMILES string of the molecule is CS(=O)(=O)N1CC[C@H](C(=O)NC2CCCCCCC2)Oc2ccccc21. The van der Waals surface area contributed by atoms with Gasteiger partial charge < -0.3 is 10.1 Å². The molecule has 2 aliphatic rings. The number of sulfonamides is 1. The number of anilines is 1. The molecule has 0 aromatic heterocycles. The third-order valence-electron chi connectivity index (χ3n) is 5.14. The molecule has 144 valence electrons. The molecule has 0 spiro atoms. The fraction of sp³-hybridized carbons (Fsp3) is 0.632. The molecule has 1 fully saturated rings. The zero-order valence-corrected chi connectivity index (χ0v) is 16.1. The van der Waals surface area contributed by atoms with Crippen LogP contribution in [0.4, 0.5) is 5.69 Å². The Bertz CT molecular complexity index is 727. The van der Waals surface area contributed by atoms with E-state index in [1.54, 1.807) is 24.3 Å². The van der Waals surface area contributed by atoms with Crippen molar-refractivity contribution in [3.63, 3.8) is 0 Å². The molecule has 0 saturated heterocycles. The van der Waals surface area contributed by atoms with Gasteiger partial charge in [-0.05, 0) is 25.0 Å². The number of nitrogens with one attached hydrogen (secondary N) is 1. The van der Waals surface area contributed by atoms with Crippen molar-refractivity contribution in [1.82, 2.24) is 5.32 Å². The molecule has 0 unspecified atom stereocenters. The third-order valence-corrected chi connectivity index (χ3v) is 6.32. The van der Waals surface area contributed by atoms with Crippen LogP contribution in [0.5, 0.6) is 5.75 Å². The first kappa shape index (κ1) is 19.0. The molecule has 0 bridgehead atoms. The lowest BCUT2D eigenvalue weighted by atomic mass is 9.96. The number of carbonyl (C=O) groups is 1. The summed E-state index contributed by atoms with van der Waals surface area (Å²) in [5.41, 5.74) is 0.497. The van der Waals surface area contributed by atoms with E-state index in [-0.39, 0.29) is 18.5 Å². The number of hydrogen-bond acceptors (Lipinski definition) is 4. The number of carbonyl (C=O) groups excluding carboxylic acids is 1. The van der Waals surface area contributed by atoms with Gasteiger partial charge in [0, 0.05) is 19.0 Å². The number of benzene rings is 1. The maximum absolute atomic E-state index is 12.8. The molecule has 0 radical (unpaired) electrons. The lowest BCUT2D eigenvalue weighted by molar-refractivity contribution is -0.128. The highest BCUT2D eigenvalue weighted by Gasteiger charge is 2.31. The molecule has 1 atom stereocenters. The van der Waals surface area contributed by atoms with Crippen LogP contribution in [-0.4, -0.2) is 39.3 Å². The second kappa shape index (κ2) is 8.29. The molecule has 1 heterocycles. The van der Waals surface area contributed by atoms with Gasteiger partial charge in [0.2, 0.25) is 10.0 Å². The van der Waals surface area contributed by atoms with E-state index >= 15 is 0 Å². The molecule has 7 heteroatoms. The third kappa shape index (κ3) is 4.69. The topological polar surface area (TPSA) is 75.7 Å².